The van der Waals surface area contributed by atoms with Crippen LogP contribution in [0.4, 0.5) is 4.39 Å². The molecule has 0 bridgehead atoms. The molecule has 0 spiro atoms. The highest BCUT2D eigenvalue weighted by Gasteiger charge is 2.19. The molecule has 0 saturated heterocycles. The average molecular weight is 271 g/mol. The molecule has 18 heavy (non-hydrogen) atoms. The summed E-state index contributed by atoms with van der Waals surface area (Å²) < 4.78 is 12.8. The summed E-state index contributed by atoms with van der Waals surface area (Å²) in [6, 6.07) is 4.46. The van der Waals surface area contributed by atoms with Crippen LogP contribution >= 0.6 is 11.6 Å². The standard InChI is InChI=1S/C13H16ClFN2O/c14-12-8-9(15)2-5-11(12)13(18)17-7-1-6-16-10-3-4-10/h2,5,8,10,16H,1,3-4,6-7H2,(H,17,18). The number of nitrogens with one attached hydrogen (secondary N) is 2. The van der Waals surface area contributed by atoms with Gasteiger partial charge in [-0.05, 0) is 44.0 Å². The van der Waals surface area contributed by atoms with Crippen molar-refractivity contribution in [2.75, 3.05) is 13.1 Å². The number of hydrogen-bond donors (Lipinski definition) is 2. The zero-order valence-electron chi connectivity index (χ0n) is 10.0. The van der Waals surface area contributed by atoms with E-state index in [0.717, 1.165) is 19.0 Å². The molecule has 1 fully saturated rings. The Bertz CT molecular complexity index is 435. The fourth-order valence-corrected chi connectivity index (χ4v) is 1.91. The number of carbonyl (C=O) groups excluding carboxylic acids is 1. The van der Waals surface area contributed by atoms with E-state index in [1.807, 2.05) is 0 Å². The van der Waals surface area contributed by atoms with Crippen LogP contribution in [0.25, 0.3) is 0 Å². The zero-order chi connectivity index (χ0) is 13.0. The van der Waals surface area contributed by atoms with Crippen LogP contribution in [0.5, 0.6) is 0 Å². The number of halogens is 2. The third-order valence-electron chi connectivity index (χ3n) is 2.83. The Morgan fingerprint density at radius 2 is 2.17 bits per heavy atom. The van der Waals surface area contributed by atoms with Crippen molar-refractivity contribution in [2.24, 2.45) is 0 Å². The first kappa shape index (κ1) is 13.3. The summed E-state index contributed by atoms with van der Waals surface area (Å²) in [5.41, 5.74) is 0.313. The molecule has 0 unspecified atom stereocenters. The topological polar surface area (TPSA) is 41.1 Å². The highest BCUT2D eigenvalue weighted by Crippen LogP contribution is 2.18. The lowest BCUT2D eigenvalue weighted by atomic mass is 10.2. The fraction of sp³-hybridized carbons (Fsp3) is 0.462. The monoisotopic (exact) mass is 270 g/mol. The molecular weight excluding hydrogens is 255 g/mol. The van der Waals surface area contributed by atoms with Crippen molar-refractivity contribution in [3.8, 4) is 0 Å². The van der Waals surface area contributed by atoms with Gasteiger partial charge >= 0.3 is 0 Å². The van der Waals surface area contributed by atoms with Gasteiger partial charge in [-0.25, -0.2) is 4.39 Å². The van der Waals surface area contributed by atoms with Crippen molar-refractivity contribution in [1.29, 1.82) is 0 Å². The molecule has 98 valence electrons. The predicted molar refractivity (Wildman–Crippen MR) is 69.4 cm³/mol. The summed E-state index contributed by atoms with van der Waals surface area (Å²) in [7, 11) is 0. The highest BCUT2D eigenvalue weighted by atomic mass is 35.5. The second-order valence-corrected chi connectivity index (χ2v) is 4.87. The van der Waals surface area contributed by atoms with E-state index in [1.165, 1.54) is 25.0 Å². The van der Waals surface area contributed by atoms with Crippen LogP contribution in [-0.4, -0.2) is 25.0 Å². The van der Waals surface area contributed by atoms with E-state index in [0.29, 0.717) is 18.2 Å². The van der Waals surface area contributed by atoms with Gasteiger partial charge < -0.3 is 10.6 Å². The largest absolute Gasteiger partial charge is 0.352 e. The molecule has 0 aromatic heterocycles. The molecule has 0 heterocycles. The summed E-state index contributed by atoms with van der Waals surface area (Å²) >= 11 is 5.80. The fourth-order valence-electron chi connectivity index (χ4n) is 1.65. The Morgan fingerprint density at radius 3 is 2.83 bits per heavy atom. The van der Waals surface area contributed by atoms with Crippen LogP contribution in [-0.2, 0) is 0 Å². The van der Waals surface area contributed by atoms with Crippen LogP contribution in [0.3, 0.4) is 0 Å². The van der Waals surface area contributed by atoms with Gasteiger partial charge in [-0.3, -0.25) is 4.79 Å². The lowest BCUT2D eigenvalue weighted by molar-refractivity contribution is 0.0953. The van der Waals surface area contributed by atoms with Gasteiger partial charge in [0.2, 0.25) is 0 Å². The van der Waals surface area contributed by atoms with Gasteiger partial charge in [0.05, 0.1) is 10.6 Å². The van der Waals surface area contributed by atoms with Gasteiger partial charge in [0.1, 0.15) is 5.82 Å². The van der Waals surface area contributed by atoms with Crippen molar-refractivity contribution in [3.05, 3.63) is 34.6 Å². The van der Waals surface area contributed by atoms with Gasteiger partial charge in [-0.15, -0.1) is 0 Å². The van der Waals surface area contributed by atoms with Crippen molar-refractivity contribution in [1.82, 2.24) is 10.6 Å². The quantitative estimate of drug-likeness (QED) is 0.779. The summed E-state index contributed by atoms with van der Waals surface area (Å²) in [5, 5.41) is 6.27. The molecule has 1 saturated carbocycles. The van der Waals surface area contributed by atoms with Crippen molar-refractivity contribution >= 4 is 17.5 Å². The predicted octanol–water partition coefficient (Wildman–Crippen LogP) is 2.35. The van der Waals surface area contributed by atoms with Gasteiger partial charge in [-0.1, -0.05) is 11.6 Å². The van der Waals surface area contributed by atoms with E-state index in [2.05, 4.69) is 10.6 Å². The van der Waals surface area contributed by atoms with E-state index in [9.17, 15) is 9.18 Å². The maximum absolute atomic E-state index is 12.8. The second-order valence-electron chi connectivity index (χ2n) is 4.46. The molecule has 1 amide bonds. The van der Waals surface area contributed by atoms with Crippen LogP contribution in [0.2, 0.25) is 5.02 Å². The smallest absolute Gasteiger partial charge is 0.252 e. The first-order chi connectivity index (χ1) is 8.66. The Balaban J connectivity index is 1.72. The van der Waals surface area contributed by atoms with Gasteiger partial charge in [-0.2, -0.15) is 0 Å². The molecule has 1 aromatic carbocycles. The molecule has 0 radical (unpaired) electrons. The number of carbonyl (C=O) groups is 1. The maximum Gasteiger partial charge on any atom is 0.252 e. The van der Waals surface area contributed by atoms with Crippen molar-refractivity contribution < 1.29 is 9.18 Å². The number of hydrogen-bond acceptors (Lipinski definition) is 2. The molecule has 0 aliphatic heterocycles. The molecule has 0 atom stereocenters. The SMILES string of the molecule is O=C(NCCCNC1CC1)c1ccc(F)cc1Cl. The Kier molecular flexibility index (Phi) is 4.55. The lowest BCUT2D eigenvalue weighted by Crippen LogP contribution is -2.28. The normalized spacial score (nSPS) is 14.6. The highest BCUT2D eigenvalue weighted by molar-refractivity contribution is 6.33. The Labute approximate surface area is 111 Å². The summed E-state index contributed by atoms with van der Waals surface area (Å²) in [4.78, 5) is 11.7. The molecular formula is C13H16ClFN2O. The summed E-state index contributed by atoms with van der Waals surface area (Å²) in [5.74, 6) is -0.698. The summed E-state index contributed by atoms with van der Waals surface area (Å²) in [6.45, 7) is 1.49. The van der Waals surface area contributed by atoms with Crippen LogP contribution in [0.1, 0.15) is 29.6 Å². The van der Waals surface area contributed by atoms with Gasteiger partial charge in [0, 0.05) is 12.6 Å². The van der Waals surface area contributed by atoms with Crippen LogP contribution in [0.15, 0.2) is 18.2 Å². The van der Waals surface area contributed by atoms with E-state index in [-0.39, 0.29) is 10.9 Å². The van der Waals surface area contributed by atoms with E-state index in [4.69, 9.17) is 11.6 Å². The number of benzene rings is 1. The average Bonchev–Trinajstić information content (AvgIpc) is 3.12. The zero-order valence-corrected chi connectivity index (χ0v) is 10.8. The Morgan fingerprint density at radius 1 is 1.39 bits per heavy atom. The minimum atomic E-state index is -0.440. The molecule has 2 rings (SSSR count). The molecule has 1 aliphatic carbocycles. The molecule has 3 nitrogen and oxygen atoms in total. The molecule has 2 N–H and O–H groups in total. The molecule has 5 heteroatoms. The lowest BCUT2D eigenvalue weighted by Gasteiger charge is -2.07. The Hall–Kier alpha value is -1.13. The van der Waals surface area contributed by atoms with E-state index < -0.39 is 5.82 Å². The van der Waals surface area contributed by atoms with Crippen LogP contribution in [0, 0.1) is 5.82 Å². The van der Waals surface area contributed by atoms with Crippen molar-refractivity contribution in [3.63, 3.8) is 0 Å². The third-order valence-corrected chi connectivity index (χ3v) is 3.14. The minimum Gasteiger partial charge on any atom is -0.352 e. The number of rotatable bonds is 6. The minimum absolute atomic E-state index is 0.142. The maximum atomic E-state index is 12.8. The third kappa shape index (κ3) is 3.96. The van der Waals surface area contributed by atoms with Crippen LogP contribution < -0.4 is 10.6 Å². The molecule has 1 aromatic rings. The van der Waals surface area contributed by atoms with Crippen molar-refractivity contribution in [2.45, 2.75) is 25.3 Å². The van der Waals surface area contributed by atoms with Gasteiger partial charge in [0.15, 0.2) is 0 Å². The van der Waals surface area contributed by atoms with Gasteiger partial charge in [0.25, 0.3) is 5.91 Å². The second kappa shape index (κ2) is 6.16. The molecule has 1 aliphatic rings. The first-order valence-corrected chi connectivity index (χ1v) is 6.51. The van der Waals surface area contributed by atoms with E-state index in [1.54, 1.807) is 0 Å². The summed E-state index contributed by atoms with van der Waals surface area (Å²) in [6.07, 6.45) is 3.40. The van der Waals surface area contributed by atoms with E-state index >= 15 is 0 Å². The first-order valence-electron chi connectivity index (χ1n) is 6.13. The number of amides is 1.